The van der Waals surface area contributed by atoms with Crippen LogP contribution in [0.2, 0.25) is 0 Å². The van der Waals surface area contributed by atoms with E-state index in [1.54, 1.807) is 18.2 Å². The summed E-state index contributed by atoms with van der Waals surface area (Å²) < 4.78 is 1.88. The van der Waals surface area contributed by atoms with Crippen LogP contribution in [0.4, 0.5) is 16.2 Å². The molecule has 2 aliphatic heterocycles. The predicted octanol–water partition coefficient (Wildman–Crippen LogP) is 3.51. The number of hydrogen-bond acceptors (Lipinski definition) is 7. The first-order valence-corrected chi connectivity index (χ1v) is 11.8. The van der Waals surface area contributed by atoms with E-state index in [-0.39, 0.29) is 15.5 Å². The van der Waals surface area contributed by atoms with Crippen LogP contribution in [0.1, 0.15) is 36.2 Å². The molecule has 3 amide bonds. The van der Waals surface area contributed by atoms with Gasteiger partial charge in [0.25, 0.3) is 16.8 Å². The standard InChI is InChI=1S/C23H25N5O5S/c1-14-10-16(11-20-22(30)26(13-21(24)29)23(31)34-20)15(2)27(14)17-6-7-18(19(12-17)28(32)33)25-8-4-3-5-9-25/h6-7,10-12H,3-5,8-9,13H2,1-2H3,(H2,24,29)/b20-11-. The fourth-order valence-corrected chi connectivity index (χ4v) is 5.29. The number of imide groups is 1. The van der Waals surface area contributed by atoms with Crippen LogP contribution in [0.25, 0.3) is 11.8 Å². The molecule has 2 fully saturated rings. The van der Waals surface area contributed by atoms with Gasteiger partial charge in [-0.2, -0.15) is 0 Å². The number of nitro benzene ring substituents is 1. The Morgan fingerprint density at radius 1 is 1.18 bits per heavy atom. The van der Waals surface area contributed by atoms with Crippen LogP contribution in [-0.4, -0.2) is 51.1 Å². The summed E-state index contributed by atoms with van der Waals surface area (Å²) in [6.07, 6.45) is 4.77. The molecule has 0 radical (unpaired) electrons. The molecule has 2 aliphatic rings. The topological polar surface area (TPSA) is 132 Å². The number of carbonyl (C=O) groups is 3. The van der Waals surface area contributed by atoms with Crippen LogP contribution in [0.5, 0.6) is 0 Å². The van der Waals surface area contributed by atoms with Crippen LogP contribution in [0.3, 0.4) is 0 Å². The van der Waals surface area contributed by atoms with Crippen molar-refractivity contribution >= 4 is 46.3 Å². The minimum atomic E-state index is -0.767. The van der Waals surface area contributed by atoms with Crippen molar-refractivity contribution in [1.82, 2.24) is 9.47 Å². The van der Waals surface area contributed by atoms with Crippen LogP contribution in [0, 0.1) is 24.0 Å². The zero-order valence-electron chi connectivity index (χ0n) is 18.9. The lowest BCUT2D eigenvalue weighted by atomic mass is 10.1. The number of thioether (sulfide) groups is 1. The van der Waals surface area contributed by atoms with E-state index in [0.717, 1.165) is 60.4 Å². The normalized spacial score (nSPS) is 17.6. The van der Waals surface area contributed by atoms with E-state index in [9.17, 15) is 24.5 Å². The quantitative estimate of drug-likeness (QED) is 0.378. The van der Waals surface area contributed by atoms with Gasteiger partial charge in [0, 0.05) is 30.5 Å². The lowest BCUT2D eigenvalue weighted by molar-refractivity contribution is -0.384. The highest BCUT2D eigenvalue weighted by molar-refractivity contribution is 8.18. The Kier molecular flexibility index (Phi) is 6.47. The zero-order valence-corrected chi connectivity index (χ0v) is 19.8. The predicted molar refractivity (Wildman–Crippen MR) is 130 cm³/mol. The van der Waals surface area contributed by atoms with E-state index in [2.05, 4.69) is 4.90 Å². The second kappa shape index (κ2) is 9.34. The van der Waals surface area contributed by atoms with Crippen molar-refractivity contribution in [3.05, 3.63) is 56.2 Å². The average Bonchev–Trinajstić information content (AvgIpc) is 3.22. The molecule has 0 aliphatic carbocycles. The van der Waals surface area contributed by atoms with Gasteiger partial charge in [0.05, 0.1) is 15.5 Å². The molecule has 0 saturated carbocycles. The molecule has 0 bridgehead atoms. The highest BCUT2D eigenvalue weighted by Gasteiger charge is 2.36. The fourth-order valence-electron chi connectivity index (χ4n) is 4.46. The third-order valence-electron chi connectivity index (χ3n) is 6.06. The van der Waals surface area contributed by atoms with E-state index in [4.69, 9.17) is 5.73 Å². The number of carbonyl (C=O) groups excluding carboxylic acids is 3. The van der Waals surface area contributed by atoms with Crippen molar-refractivity contribution in [3.63, 3.8) is 0 Å². The number of primary amides is 1. The molecular formula is C23H25N5O5S. The lowest BCUT2D eigenvalue weighted by Gasteiger charge is -2.28. The zero-order chi connectivity index (χ0) is 24.6. The molecule has 34 heavy (non-hydrogen) atoms. The maximum absolute atomic E-state index is 12.6. The summed E-state index contributed by atoms with van der Waals surface area (Å²) in [7, 11) is 0. The number of nitro groups is 1. The van der Waals surface area contributed by atoms with Crippen molar-refractivity contribution in [1.29, 1.82) is 0 Å². The fraction of sp³-hybridized carbons (Fsp3) is 0.348. The van der Waals surface area contributed by atoms with Crippen LogP contribution in [0.15, 0.2) is 29.2 Å². The molecule has 0 unspecified atom stereocenters. The first-order chi connectivity index (χ1) is 16.2. The minimum Gasteiger partial charge on any atom is -0.368 e. The first-order valence-electron chi connectivity index (χ1n) is 10.9. The van der Waals surface area contributed by atoms with E-state index in [1.807, 2.05) is 30.5 Å². The molecule has 2 saturated heterocycles. The molecule has 0 atom stereocenters. The Hall–Kier alpha value is -3.60. The van der Waals surface area contributed by atoms with Gasteiger partial charge < -0.3 is 15.2 Å². The Labute approximate surface area is 200 Å². The Balaban J connectivity index is 1.69. The largest absolute Gasteiger partial charge is 0.368 e. The van der Waals surface area contributed by atoms with Gasteiger partial charge in [0.2, 0.25) is 5.91 Å². The highest BCUT2D eigenvalue weighted by atomic mass is 32.2. The van der Waals surface area contributed by atoms with Crippen molar-refractivity contribution in [3.8, 4) is 5.69 Å². The van der Waals surface area contributed by atoms with Gasteiger partial charge in [-0.05, 0) is 74.7 Å². The molecule has 178 valence electrons. The second-order valence-corrected chi connectivity index (χ2v) is 9.37. The van der Waals surface area contributed by atoms with Gasteiger partial charge in [-0.1, -0.05) is 0 Å². The molecule has 2 aromatic rings. The first kappa shape index (κ1) is 23.6. The molecule has 1 aromatic heterocycles. The van der Waals surface area contributed by atoms with Crippen molar-refractivity contribution < 1.29 is 19.3 Å². The summed E-state index contributed by atoms with van der Waals surface area (Å²) in [5.74, 6) is -1.34. The third kappa shape index (κ3) is 4.43. The second-order valence-electron chi connectivity index (χ2n) is 8.37. The van der Waals surface area contributed by atoms with Crippen LogP contribution < -0.4 is 10.6 Å². The number of piperidine rings is 1. The number of hydrogen-bond donors (Lipinski definition) is 1. The third-order valence-corrected chi connectivity index (χ3v) is 6.96. The molecule has 3 heterocycles. The van der Waals surface area contributed by atoms with Gasteiger partial charge in [0.15, 0.2) is 0 Å². The minimum absolute atomic E-state index is 0.0565. The Morgan fingerprint density at radius 2 is 1.88 bits per heavy atom. The highest BCUT2D eigenvalue weighted by Crippen LogP contribution is 2.36. The number of nitrogens with zero attached hydrogens (tertiary/aromatic N) is 4. The van der Waals surface area contributed by atoms with E-state index >= 15 is 0 Å². The monoisotopic (exact) mass is 483 g/mol. The van der Waals surface area contributed by atoms with Gasteiger partial charge in [-0.15, -0.1) is 0 Å². The lowest BCUT2D eigenvalue weighted by Crippen LogP contribution is -2.36. The SMILES string of the molecule is Cc1cc(/C=C2\SC(=O)N(CC(N)=O)C2=O)c(C)n1-c1ccc(N2CCCCC2)c([N+](=O)[O-])c1. The van der Waals surface area contributed by atoms with Gasteiger partial charge in [-0.3, -0.25) is 29.4 Å². The van der Waals surface area contributed by atoms with Crippen LogP contribution >= 0.6 is 11.8 Å². The number of aromatic nitrogens is 1. The van der Waals surface area contributed by atoms with Crippen molar-refractivity contribution in [2.24, 2.45) is 5.73 Å². The van der Waals surface area contributed by atoms with E-state index in [1.165, 1.54) is 0 Å². The van der Waals surface area contributed by atoms with Crippen molar-refractivity contribution in [2.45, 2.75) is 33.1 Å². The van der Waals surface area contributed by atoms with E-state index in [0.29, 0.717) is 16.9 Å². The van der Waals surface area contributed by atoms with Gasteiger partial charge in [0.1, 0.15) is 12.2 Å². The number of nitrogens with two attached hydrogens (primary N) is 1. The molecular weight excluding hydrogens is 458 g/mol. The number of anilines is 1. The van der Waals surface area contributed by atoms with E-state index < -0.39 is 23.6 Å². The molecule has 0 spiro atoms. The molecule has 2 N–H and O–H groups in total. The maximum atomic E-state index is 12.6. The summed E-state index contributed by atoms with van der Waals surface area (Å²) in [6.45, 7) is 4.85. The number of rotatable bonds is 6. The summed E-state index contributed by atoms with van der Waals surface area (Å²) in [5.41, 5.74) is 8.74. The average molecular weight is 484 g/mol. The summed E-state index contributed by atoms with van der Waals surface area (Å²) in [6, 6.07) is 7.09. The summed E-state index contributed by atoms with van der Waals surface area (Å²) in [5, 5.41) is 11.3. The number of benzene rings is 1. The smallest absolute Gasteiger partial charge is 0.294 e. The Bertz CT molecular complexity index is 1230. The summed E-state index contributed by atoms with van der Waals surface area (Å²) in [4.78, 5) is 50.4. The molecule has 4 rings (SSSR count). The van der Waals surface area contributed by atoms with Crippen LogP contribution in [-0.2, 0) is 9.59 Å². The van der Waals surface area contributed by atoms with Crippen molar-refractivity contribution in [2.75, 3.05) is 24.5 Å². The summed E-state index contributed by atoms with van der Waals surface area (Å²) >= 11 is 0.749. The Morgan fingerprint density at radius 3 is 2.53 bits per heavy atom. The van der Waals surface area contributed by atoms with Gasteiger partial charge >= 0.3 is 0 Å². The molecule has 11 heteroatoms. The number of amides is 3. The van der Waals surface area contributed by atoms with Gasteiger partial charge in [-0.25, -0.2) is 0 Å². The molecule has 1 aromatic carbocycles. The maximum Gasteiger partial charge on any atom is 0.294 e. The number of aryl methyl sites for hydroxylation is 1. The molecule has 10 nitrogen and oxygen atoms in total.